The van der Waals surface area contributed by atoms with E-state index in [1.807, 2.05) is 0 Å². The van der Waals surface area contributed by atoms with Crippen LogP contribution in [0.15, 0.2) is 4.99 Å². The standard InChI is InChI=1S/C21H39N3O2.HI/c1-3-22-21(23-20-16-19(20)17-8-5-4-6-9-17)24-12-10-18(11-13-24)26-15-7-14-25-2;/h17-20H,3-16H2,1-2H3,(H,22,23);1H. The molecule has 27 heavy (non-hydrogen) atoms. The highest BCUT2D eigenvalue weighted by atomic mass is 127. The number of aliphatic imine (C=N–C) groups is 1. The maximum atomic E-state index is 6.00. The summed E-state index contributed by atoms with van der Waals surface area (Å²) in [5, 5.41) is 3.80. The lowest BCUT2D eigenvalue weighted by Crippen LogP contribution is -2.48. The molecule has 3 fully saturated rings. The van der Waals surface area contributed by atoms with E-state index in [1.54, 1.807) is 7.11 Å². The largest absolute Gasteiger partial charge is 0.385 e. The Labute approximate surface area is 183 Å². The summed E-state index contributed by atoms with van der Waals surface area (Å²) < 4.78 is 11.1. The zero-order chi connectivity index (χ0) is 18.2. The van der Waals surface area contributed by atoms with Crippen molar-refractivity contribution in [3.8, 4) is 0 Å². The van der Waals surface area contributed by atoms with Crippen LogP contribution in [-0.2, 0) is 9.47 Å². The average molecular weight is 493 g/mol. The highest BCUT2D eigenvalue weighted by Gasteiger charge is 2.44. The normalized spacial score (nSPS) is 27.3. The lowest BCUT2D eigenvalue weighted by atomic mass is 9.85. The van der Waals surface area contributed by atoms with Crippen LogP contribution in [0.25, 0.3) is 0 Å². The molecule has 2 atom stereocenters. The Morgan fingerprint density at radius 3 is 2.48 bits per heavy atom. The lowest BCUT2D eigenvalue weighted by Gasteiger charge is -2.34. The molecule has 3 aliphatic rings. The van der Waals surface area contributed by atoms with E-state index in [2.05, 4.69) is 17.1 Å². The smallest absolute Gasteiger partial charge is 0.194 e. The molecular weight excluding hydrogens is 453 g/mol. The van der Waals surface area contributed by atoms with Gasteiger partial charge in [-0.2, -0.15) is 0 Å². The molecule has 2 saturated carbocycles. The van der Waals surface area contributed by atoms with Crippen molar-refractivity contribution in [1.29, 1.82) is 0 Å². The molecule has 1 heterocycles. The lowest BCUT2D eigenvalue weighted by molar-refractivity contribution is 0.00987. The van der Waals surface area contributed by atoms with E-state index < -0.39 is 0 Å². The molecule has 6 heteroatoms. The molecular formula is C21H40IN3O2. The van der Waals surface area contributed by atoms with Gasteiger partial charge in [0, 0.05) is 46.0 Å². The second kappa shape index (κ2) is 12.5. The van der Waals surface area contributed by atoms with Crippen LogP contribution in [0.2, 0.25) is 0 Å². The average Bonchev–Trinajstić information content (AvgIpc) is 3.45. The molecule has 1 N–H and O–H groups in total. The molecule has 0 aromatic carbocycles. The quantitative estimate of drug-likeness (QED) is 0.240. The third-order valence-electron chi connectivity index (χ3n) is 6.31. The van der Waals surface area contributed by atoms with Gasteiger partial charge in [-0.25, -0.2) is 0 Å². The first-order valence-corrected chi connectivity index (χ1v) is 11.0. The van der Waals surface area contributed by atoms with E-state index in [0.717, 1.165) is 69.9 Å². The summed E-state index contributed by atoms with van der Waals surface area (Å²) in [6, 6.07) is 0.673. The number of nitrogens with zero attached hydrogens (tertiary/aromatic N) is 2. The molecule has 0 radical (unpaired) electrons. The van der Waals surface area contributed by atoms with Crippen molar-refractivity contribution in [3.05, 3.63) is 0 Å². The number of piperidine rings is 1. The Balaban J connectivity index is 0.00000261. The number of rotatable bonds is 8. The molecule has 5 nitrogen and oxygen atoms in total. The SMILES string of the molecule is CCN=C(NC1CC1C1CCCCC1)N1CCC(OCCCOC)CC1.I. The van der Waals surface area contributed by atoms with Gasteiger partial charge < -0.3 is 19.7 Å². The predicted molar refractivity (Wildman–Crippen MR) is 122 cm³/mol. The van der Waals surface area contributed by atoms with Crippen molar-refractivity contribution >= 4 is 29.9 Å². The van der Waals surface area contributed by atoms with E-state index in [4.69, 9.17) is 14.5 Å². The van der Waals surface area contributed by atoms with Gasteiger partial charge in [0.05, 0.1) is 6.10 Å². The fourth-order valence-electron chi connectivity index (χ4n) is 4.70. The monoisotopic (exact) mass is 493 g/mol. The molecule has 0 amide bonds. The van der Waals surface area contributed by atoms with Crippen LogP contribution in [0.1, 0.15) is 64.7 Å². The number of guanidine groups is 1. The van der Waals surface area contributed by atoms with Crippen LogP contribution < -0.4 is 5.32 Å². The minimum atomic E-state index is 0. The number of hydrogen-bond acceptors (Lipinski definition) is 3. The number of likely N-dealkylation sites (tertiary alicyclic amines) is 1. The molecule has 1 saturated heterocycles. The van der Waals surface area contributed by atoms with Gasteiger partial charge in [0.15, 0.2) is 5.96 Å². The van der Waals surface area contributed by atoms with Gasteiger partial charge in [-0.05, 0) is 44.4 Å². The van der Waals surface area contributed by atoms with E-state index in [1.165, 1.54) is 38.5 Å². The maximum Gasteiger partial charge on any atom is 0.194 e. The number of ether oxygens (including phenoxy) is 2. The number of methoxy groups -OCH3 is 1. The van der Waals surface area contributed by atoms with Gasteiger partial charge in [-0.3, -0.25) is 4.99 Å². The first-order valence-electron chi connectivity index (χ1n) is 11.0. The summed E-state index contributed by atoms with van der Waals surface area (Å²) in [6.45, 7) is 6.72. The number of hydrogen-bond donors (Lipinski definition) is 1. The molecule has 0 bridgehead atoms. The first kappa shape index (κ1) is 23.2. The second-order valence-corrected chi connectivity index (χ2v) is 8.25. The highest BCUT2D eigenvalue weighted by molar-refractivity contribution is 14.0. The Bertz CT molecular complexity index is 435. The van der Waals surface area contributed by atoms with Crippen LogP contribution in [-0.4, -0.2) is 63.0 Å². The summed E-state index contributed by atoms with van der Waals surface area (Å²) in [7, 11) is 1.75. The molecule has 0 spiro atoms. The van der Waals surface area contributed by atoms with Crippen molar-refractivity contribution < 1.29 is 9.47 Å². The molecule has 2 unspecified atom stereocenters. The molecule has 0 aromatic rings. The van der Waals surface area contributed by atoms with Crippen molar-refractivity contribution in [2.24, 2.45) is 16.8 Å². The van der Waals surface area contributed by atoms with Gasteiger partial charge in [0.25, 0.3) is 0 Å². The minimum Gasteiger partial charge on any atom is -0.385 e. The van der Waals surface area contributed by atoms with Gasteiger partial charge in [0.2, 0.25) is 0 Å². The zero-order valence-electron chi connectivity index (χ0n) is 17.3. The molecule has 158 valence electrons. The highest BCUT2D eigenvalue weighted by Crippen LogP contribution is 2.44. The third kappa shape index (κ3) is 7.35. The molecule has 1 aliphatic heterocycles. The summed E-state index contributed by atoms with van der Waals surface area (Å²) >= 11 is 0. The van der Waals surface area contributed by atoms with Gasteiger partial charge in [-0.1, -0.05) is 32.1 Å². The summed E-state index contributed by atoms with van der Waals surface area (Å²) in [5.41, 5.74) is 0. The Kier molecular flexibility index (Phi) is 10.7. The third-order valence-corrected chi connectivity index (χ3v) is 6.31. The van der Waals surface area contributed by atoms with Crippen LogP contribution >= 0.6 is 24.0 Å². The first-order chi connectivity index (χ1) is 12.8. The Hall–Kier alpha value is -0.0800. The molecule has 0 aromatic heterocycles. The number of nitrogens with one attached hydrogen (secondary N) is 1. The maximum absolute atomic E-state index is 6.00. The van der Waals surface area contributed by atoms with E-state index in [-0.39, 0.29) is 24.0 Å². The van der Waals surface area contributed by atoms with Crippen LogP contribution in [0.4, 0.5) is 0 Å². The summed E-state index contributed by atoms with van der Waals surface area (Å²) in [6.07, 6.45) is 12.2. The van der Waals surface area contributed by atoms with Crippen molar-refractivity contribution in [2.75, 3.05) is 40.0 Å². The Morgan fingerprint density at radius 2 is 1.81 bits per heavy atom. The second-order valence-electron chi connectivity index (χ2n) is 8.25. The van der Waals surface area contributed by atoms with E-state index in [9.17, 15) is 0 Å². The van der Waals surface area contributed by atoms with Gasteiger partial charge >= 0.3 is 0 Å². The minimum absolute atomic E-state index is 0. The van der Waals surface area contributed by atoms with E-state index in [0.29, 0.717) is 12.1 Å². The number of halogens is 1. The van der Waals surface area contributed by atoms with Crippen molar-refractivity contribution in [1.82, 2.24) is 10.2 Å². The predicted octanol–water partition coefficient (Wildman–Crippen LogP) is 4.06. The topological polar surface area (TPSA) is 46.1 Å². The summed E-state index contributed by atoms with van der Waals surface area (Å²) in [4.78, 5) is 7.25. The summed E-state index contributed by atoms with van der Waals surface area (Å²) in [5.74, 6) is 3.02. The van der Waals surface area contributed by atoms with Crippen molar-refractivity contribution in [2.45, 2.75) is 76.9 Å². The van der Waals surface area contributed by atoms with Crippen LogP contribution in [0.5, 0.6) is 0 Å². The fourth-order valence-corrected chi connectivity index (χ4v) is 4.70. The van der Waals surface area contributed by atoms with Gasteiger partial charge in [-0.15, -0.1) is 24.0 Å². The zero-order valence-corrected chi connectivity index (χ0v) is 19.7. The van der Waals surface area contributed by atoms with E-state index >= 15 is 0 Å². The molecule has 3 rings (SSSR count). The molecule has 2 aliphatic carbocycles. The van der Waals surface area contributed by atoms with Crippen LogP contribution in [0, 0.1) is 11.8 Å². The van der Waals surface area contributed by atoms with Crippen molar-refractivity contribution in [3.63, 3.8) is 0 Å². The fraction of sp³-hybridized carbons (Fsp3) is 0.952. The van der Waals surface area contributed by atoms with Crippen LogP contribution in [0.3, 0.4) is 0 Å². The van der Waals surface area contributed by atoms with Gasteiger partial charge in [0.1, 0.15) is 0 Å². The Morgan fingerprint density at radius 1 is 1.07 bits per heavy atom.